The highest BCUT2D eigenvalue weighted by atomic mass is 16.1. The van der Waals surface area contributed by atoms with Crippen LogP contribution in [0.2, 0.25) is 0 Å². The average Bonchev–Trinajstić information content (AvgIpc) is 3.32. The number of carbonyl (C=O) groups excluding carboxylic acids is 1. The Kier molecular flexibility index (Phi) is 6.56. The van der Waals surface area contributed by atoms with E-state index in [1.807, 2.05) is 26.8 Å². The maximum Gasteiger partial charge on any atom is 0.186 e. The Balaban J connectivity index is 1.50. The zero-order chi connectivity index (χ0) is 21.8. The molecular weight excluding hydrogens is 386 g/mol. The first-order valence-corrected chi connectivity index (χ1v) is 11.6. The normalized spacial score (nSPS) is 19.6. The smallest absolute Gasteiger partial charge is 0.186 e. The number of likely N-dealkylation sites (tertiary alicyclic amines) is 1. The van der Waals surface area contributed by atoms with Crippen molar-refractivity contribution >= 4 is 23.2 Å². The first kappa shape index (κ1) is 21.8. The van der Waals surface area contributed by atoms with Crippen LogP contribution in [0.4, 0.5) is 5.69 Å². The van der Waals surface area contributed by atoms with E-state index in [0.717, 1.165) is 24.7 Å². The van der Waals surface area contributed by atoms with E-state index in [4.69, 9.17) is 0 Å². The van der Waals surface area contributed by atoms with Crippen LogP contribution in [0.5, 0.6) is 0 Å². The van der Waals surface area contributed by atoms with Crippen molar-refractivity contribution in [2.24, 2.45) is 5.41 Å². The van der Waals surface area contributed by atoms with E-state index >= 15 is 0 Å². The van der Waals surface area contributed by atoms with Crippen LogP contribution in [0.1, 0.15) is 58.4 Å². The summed E-state index contributed by atoms with van der Waals surface area (Å²) in [5.41, 5.74) is 2.29. The van der Waals surface area contributed by atoms with Gasteiger partial charge in [0.05, 0.1) is 0 Å². The van der Waals surface area contributed by atoms with Gasteiger partial charge in [-0.1, -0.05) is 39.3 Å². The van der Waals surface area contributed by atoms with Crippen molar-refractivity contribution in [3.63, 3.8) is 0 Å². The van der Waals surface area contributed by atoms with Crippen LogP contribution < -0.4 is 4.90 Å². The molecule has 2 aliphatic rings. The van der Waals surface area contributed by atoms with E-state index in [0.29, 0.717) is 5.70 Å². The summed E-state index contributed by atoms with van der Waals surface area (Å²) in [5.74, 6) is 0.0470. The van der Waals surface area contributed by atoms with E-state index < -0.39 is 5.41 Å². The first-order chi connectivity index (χ1) is 14.9. The highest BCUT2D eigenvalue weighted by Crippen LogP contribution is 2.28. The summed E-state index contributed by atoms with van der Waals surface area (Å²) >= 11 is 0. The molecule has 0 N–H and O–H groups in total. The second-order valence-electron chi connectivity index (χ2n) is 9.86. The SMILES string of the molecule is CC(C)(C)C(=O)/C(=C/c1cccc(N2CCC(N3CCCCC3)CC2)c1)n1cncn1. The molecule has 2 aromatic rings. The highest BCUT2D eigenvalue weighted by Gasteiger charge is 2.27. The third-order valence-corrected chi connectivity index (χ3v) is 6.49. The van der Waals surface area contributed by atoms with E-state index in [1.165, 1.54) is 57.2 Å². The van der Waals surface area contributed by atoms with Crippen LogP contribution >= 0.6 is 0 Å². The number of hydrogen-bond donors (Lipinski definition) is 0. The monoisotopic (exact) mass is 421 g/mol. The zero-order valence-electron chi connectivity index (χ0n) is 19.1. The number of anilines is 1. The Morgan fingerprint density at radius 3 is 2.45 bits per heavy atom. The molecule has 2 fully saturated rings. The Morgan fingerprint density at radius 1 is 1.06 bits per heavy atom. The number of ketones is 1. The minimum Gasteiger partial charge on any atom is -0.371 e. The minimum atomic E-state index is -0.494. The molecule has 0 radical (unpaired) electrons. The molecule has 2 saturated heterocycles. The van der Waals surface area contributed by atoms with Crippen LogP contribution in [0.25, 0.3) is 11.8 Å². The molecule has 31 heavy (non-hydrogen) atoms. The molecule has 4 rings (SSSR count). The molecule has 166 valence electrons. The molecular formula is C25H35N5O. The van der Waals surface area contributed by atoms with Gasteiger partial charge in [-0.05, 0) is 62.5 Å². The molecule has 6 nitrogen and oxygen atoms in total. The number of piperidine rings is 2. The fourth-order valence-electron chi connectivity index (χ4n) is 4.69. The molecule has 1 aromatic heterocycles. The quantitative estimate of drug-likeness (QED) is 0.672. The fraction of sp³-hybridized carbons (Fsp3) is 0.560. The van der Waals surface area contributed by atoms with Crippen LogP contribution in [-0.2, 0) is 4.79 Å². The summed E-state index contributed by atoms with van der Waals surface area (Å²) in [6, 6.07) is 9.24. The number of Topliss-reactive ketones (excluding diaryl/α,β-unsaturated/α-hetero) is 1. The van der Waals surface area contributed by atoms with Crippen LogP contribution in [0.3, 0.4) is 0 Å². The number of carbonyl (C=O) groups is 1. The van der Waals surface area contributed by atoms with Crippen molar-refractivity contribution in [1.29, 1.82) is 0 Å². The van der Waals surface area contributed by atoms with Gasteiger partial charge in [0.2, 0.25) is 0 Å². The number of nitrogens with zero attached hydrogens (tertiary/aromatic N) is 5. The standard InChI is InChI=1S/C25H35N5O/c1-25(2,3)24(31)23(30-19-26-18-27-30)17-20-8-7-9-22(16-20)29-14-10-21(11-15-29)28-12-5-4-6-13-28/h7-9,16-19,21H,4-6,10-15H2,1-3H3/b23-17-. The molecule has 2 aliphatic heterocycles. The summed E-state index contributed by atoms with van der Waals surface area (Å²) < 4.78 is 1.57. The number of benzene rings is 1. The van der Waals surface area contributed by atoms with E-state index in [1.54, 1.807) is 11.0 Å². The van der Waals surface area contributed by atoms with Gasteiger partial charge in [-0.2, -0.15) is 5.10 Å². The van der Waals surface area contributed by atoms with Crippen molar-refractivity contribution in [3.05, 3.63) is 42.5 Å². The van der Waals surface area contributed by atoms with Crippen LogP contribution in [-0.4, -0.2) is 57.7 Å². The van der Waals surface area contributed by atoms with Gasteiger partial charge < -0.3 is 9.80 Å². The highest BCUT2D eigenvalue weighted by molar-refractivity contribution is 6.21. The Bertz CT molecular complexity index is 898. The molecule has 3 heterocycles. The van der Waals surface area contributed by atoms with Crippen molar-refractivity contribution < 1.29 is 4.79 Å². The maximum atomic E-state index is 13.1. The molecule has 0 saturated carbocycles. The van der Waals surface area contributed by atoms with Crippen LogP contribution in [0.15, 0.2) is 36.9 Å². The summed E-state index contributed by atoms with van der Waals surface area (Å²) in [6.07, 6.45) is 11.6. The summed E-state index contributed by atoms with van der Waals surface area (Å²) in [5, 5.41) is 4.21. The van der Waals surface area contributed by atoms with Gasteiger partial charge in [0.1, 0.15) is 18.4 Å². The zero-order valence-corrected chi connectivity index (χ0v) is 19.1. The van der Waals surface area contributed by atoms with Gasteiger partial charge in [-0.25, -0.2) is 9.67 Å². The third-order valence-electron chi connectivity index (χ3n) is 6.49. The molecule has 6 heteroatoms. The van der Waals surface area contributed by atoms with E-state index in [2.05, 4.69) is 44.1 Å². The number of rotatable bonds is 5. The topological polar surface area (TPSA) is 54.3 Å². The Hall–Kier alpha value is -2.47. The minimum absolute atomic E-state index is 0.0470. The lowest BCUT2D eigenvalue weighted by Gasteiger charge is -2.41. The molecule has 0 unspecified atom stereocenters. The summed E-state index contributed by atoms with van der Waals surface area (Å²) in [4.78, 5) is 22.3. The fourth-order valence-corrected chi connectivity index (χ4v) is 4.69. The second-order valence-corrected chi connectivity index (χ2v) is 9.86. The number of allylic oxidation sites excluding steroid dienone is 1. The van der Waals surface area contributed by atoms with Gasteiger partial charge in [0.15, 0.2) is 5.78 Å². The largest absolute Gasteiger partial charge is 0.371 e. The van der Waals surface area contributed by atoms with Gasteiger partial charge in [0, 0.05) is 30.2 Å². The number of aromatic nitrogens is 3. The summed E-state index contributed by atoms with van der Waals surface area (Å²) in [7, 11) is 0. The molecule has 1 aromatic carbocycles. The summed E-state index contributed by atoms with van der Waals surface area (Å²) in [6.45, 7) is 10.5. The number of hydrogen-bond acceptors (Lipinski definition) is 5. The van der Waals surface area contributed by atoms with Crippen molar-refractivity contribution in [2.45, 2.75) is 58.9 Å². The van der Waals surface area contributed by atoms with E-state index in [9.17, 15) is 4.79 Å². The predicted octanol–water partition coefficient (Wildman–Crippen LogP) is 4.35. The van der Waals surface area contributed by atoms with Gasteiger partial charge in [0.25, 0.3) is 0 Å². The van der Waals surface area contributed by atoms with Crippen LogP contribution in [0, 0.1) is 5.41 Å². The Morgan fingerprint density at radius 2 is 1.81 bits per heavy atom. The molecule has 0 amide bonds. The lowest BCUT2D eigenvalue weighted by molar-refractivity contribution is -0.120. The second kappa shape index (κ2) is 9.35. The third kappa shape index (κ3) is 5.24. The van der Waals surface area contributed by atoms with Gasteiger partial charge in [-0.3, -0.25) is 4.79 Å². The van der Waals surface area contributed by atoms with Gasteiger partial charge >= 0.3 is 0 Å². The average molecular weight is 422 g/mol. The lowest BCUT2D eigenvalue weighted by atomic mass is 9.88. The maximum absolute atomic E-state index is 13.1. The Labute approximate surface area is 185 Å². The first-order valence-electron chi connectivity index (χ1n) is 11.6. The molecule has 0 atom stereocenters. The molecule has 0 bridgehead atoms. The van der Waals surface area contributed by atoms with Gasteiger partial charge in [-0.15, -0.1) is 0 Å². The molecule has 0 spiro atoms. The lowest BCUT2D eigenvalue weighted by Crippen LogP contribution is -2.46. The molecule has 0 aliphatic carbocycles. The van der Waals surface area contributed by atoms with Crippen molar-refractivity contribution in [1.82, 2.24) is 19.7 Å². The van der Waals surface area contributed by atoms with Crippen molar-refractivity contribution in [2.75, 3.05) is 31.1 Å². The van der Waals surface area contributed by atoms with Crippen molar-refractivity contribution in [3.8, 4) is 0 Å². The van der Waals surface area contributed by atoms with E-state index in [-0.39, 0.29) is 5.78 Å². The predicted molar refractivity (Wildman–Crippen MR) is 126 cm³/mol.